The molecule has 4 N–H and O–H groups in total. The number of amides is 2. The average molecular weight is 338 g/mol. The van der Waals surface area contributed by atoms with Crippen molar-refractivity contribution >= 4 is 18.9 Å². The van der Waals surface area contributed by atoms with Gasteiger partial charge in [0.25, 0.3) is 5.91 Å². The van der Waals surface area contributed by atoms with Crippen LogP contribution in [-0.4, -0.2) is 65.3 Å². The van der Waals surface area contributed by atoms with Crippen molar-refractivity contribution in [1.29, 1.82) is 0 Å². The van der Waals surface area contributed by atoms with E-state index in [-0.39, 0.29) is 30.4 Å². The van der Waals surface area contributed by atoms with Crippen LogP contribution in [0.25, 0.3) is 0 Å². The van der Waals surface area contributed by atoms with Crippen LogP contribution in [0.5, 0.6) is 0 Å². The predicted octanol–water partition coefficient (Wildman–Crippen LogP) is -1.16. The van der Waals surface area contributed by atoms with Crippen molar-refractivity contribution in [3.05, 3.63) is 24.3 Å². The number of hydrogen-bond donors (Lipinski definition) is 4. The van der Waals surface area contributed by atoms with E-state index in [2.05, 4.69) is 20.6 Å². The topological polar surface area (TPSA) is 134 Å². The maximum atomic E-state index is 12.2. The zero-order valence-electron chi connectivity index (χ0n) is 13.8. The summed E-state index contributed by atoms with van der Waals surface area (Å²) in [5, 5.41) is 22.9. The Balaban J connectivity index is 2.51. The van der Waals surface area contributed by atoms with Gasteiger partial charge in [0.2, 0.25) is 5.91 Å². The molecule has 10 heteroatoms. The first-order valence-electron chi connectivity index (χ1n) is 7.63. The molecule has 132 valence electrons. The van der Waals surface area contributed by atoms with E-state index in [1.807, 2.05) is 6.92 Å². The van der Waals surface area contributed by atoms with Crippen LogP contribution in [0.2, 0.25) is 6.32 Å². The highest BCUT2D eigenvalue weighted by molar-refractivity contribution is 6.40. The summed E-state index contributed by atoms with van der Waals surface area (Å²) in [6, 6.07) is -0.861. The Morgan fingerprint density at radius 2 is 2.12 bits per heavy atom. The number of carbonyl (C=O) groups is 2. The summed E-state index contributed by atoms with van der Waals surface area (Å²) >= 11 is 0. The summed E-state index contributed by atoms with van der Waals surface area (Å²) in [5.41, 5.74) is 0.108. The minimum absolute atomic E-state index is 0.0154. The molecule has 2 atom stereocenters. The van der Waals surface area contributed by atoms with E-state index in [1.165, 1.54) is 25.7 Å². The van der Waals surface area contributed by atoms with E-state index < -0.39 is 19.1 Å². The van der Waals surface area contributed by atoms with Gasteiger partial charge in [-0.25, -0.2) is 4.98 Å². The SMILES string of the molecule is COCC(NC(=O)c1cnccn1)C(=O)NCC(C)CCB(O)O. The summed E-state index contributed by atoms with van der Waals surface area (Å²) in [6.45, 7) is 2.25. The van der Waals surface area contributed by atoms with Crippen LogP contribution in [0, 0.1) is 5.92 Å². The van der Waals surface area contributed by atoms with Crippen LogP contribution in [0.4, 0.5) is 0 Å². The van der Waals surface area contributed by atoms with Gasteiger partial charge in [0.05, 0.1) is 12.8 Å². The van der Waals surface area contributed by atoms with Gasteiger partial charge in [-0.05, 0) is 12.2 Å². The molecule has 2 amide bonds. The van der Waals surface area contributed by atoms with E-state index in [0.29, 0.717) is 13.0 Å². The van der Waals surface area contributed by atoms with Gasteiger partial charge in [-0.15, -0.1) is 0 Å². The van der Waals surface area contributed by atoms with Crippen LogP contribution < -0.4 is 10.6 Å². The van der Waals surface area contributed by atoms with Crippen molar-refractivity contribution in [1.82, 2.24) is 20.6 Å². The first-order chi connectivity index (χ1) is 11.4. The zero-order valence-corrected chi connectivity index (χ0v) is 13.8. The monoisotopic (exact) mass is 338 g/mol. The first-order valence-corrected chi connectivity index (χ1v) is 7.63. The van der Waals surface area contributed by atoms with E-state index in [0.717, 1.165) is 0 Å². The van der Waals surface area contributed by atoms with E-state index in [9.17, 15) is 9.59 Å². The first kappa shape index (κ1) is 20.0. The van der Waals surface area contributed by atoms with Crippen LogP contribution in [0.3, 0.4) is 0 Å². The maximum absolute atomic E-state index is 12.2. The van der Waals surface area contributed by atoms with Gasteiger partial charge < -0.3 is 25.4 Å². The van der Waals surface area contributed by atoms with Gasteiger partial charge in [0.15, 0.2) is 0 Å². The van der Waals surface area contributed by atoms with Crippen LogP contribution in [-0.2, 0) is 9.53 Å². The lowest BCUT2D eigenvalue weighted by molar-refractivity contribution is -0.124. The molecule has 0 bridgehead atoms. The van der Waals surface area contributed by atoms with Crippen molar-refractivity contribution in [2.45, 2.75) is 25.7 Å². The molecule has 1 aromatic rings. The smallest absolute Gasteiger partial charge is 0.427 e. The Morgan fingerprint density at radius 3 is 2.71 bits per heavy atom. The van der Waals surface area contributed by atoms with Crippen molar-refractivity contribution in [3.8, 4) is 0 Å². The van der Waals surface area contributed by atoms with Crippen LogP contribution in [0.15, 0.2) is 18.6 Å². The highest BCUT2D eigenvalue weighted by Crippen LogP contribution is 2.05. The number of carbonyl (C=O) groups excluding carboxylic acids is 2. The second kappa shape index (κ2) is 10.7. The number of nitrogens with zero attached hydrogens (tertiary/aromatic N) is 2. The Hall–Kier alpha value is -2.04. The van der Waals surface area contributed by atoms with Gasteiger partial charge in [0.1, 0.15) is 11.7 Å². The van der Waals surface area contributed by atoms with Crippen molar-refractivity contribution in [2.24, 2.45) is 5.92 Å². The lowest BCUT2D eigenvalue weighted by Crippen LogP contribution is -2.50. The lowest BCUT2D eigenvalue weighted by Gasteiger charge is -2.19. The average Bonchev–Trinajstić information content (AvgIpc) is 2.58. The number of methoxy groups -OCH3 is 1. The molecule has 0 radical (unpaired) electrons. The summed E-state index contributed by atoms with van der Waals surface area (Å²) in [6.07, 6.45) is 4.93. The Labute approximate surface area is 141 Å². The van der Waals surface area contributed by atoms with E-state index in [4.69, 9.17) is 14.8 Å². The third kappa shape index (κ3) is 7.49. The largest absolute Gasteiger partial charge is 0.451 e. The molecule has 0 saturated heterocycles. The predicted molar refractivity (Wildman–Crippen MR) is 87.0 cm³/mol. The summed E-state index contributed by atoms with van der Waals surface area (Å²) < 4.78 is 4.97. The fourth-order valence-electron chi connectivity index (χ4n) is 1.93. The van der Waals surface area contributed by atoms with Gasteiger partial charge in [-0.2, -0.15) is 0 Å². The molecule has 1 rings (SSSR count). The van der Waals surface area contributed by atoms with Crippen LogP contribution in [0.1, 0.15) is 23.8 Å². The molecule has 0 aromatic carbocycles. The number of ether oxygens (including phenoxy) is 1. The number of rotatable bonds is 10. The third-order valence-corrected chi connectivity index (χ3v) is 3.29. The normalized spacial score (nSPS) is 13.0. The Kier molecular flexibility index (Phi) is 8.91. The van der Waals surface area contributed by atoms with Crippen molar-refractivity contribution < 1.29 is 24.4 Å². The highest BCUT2D eigenvalue weighted by Gasteiger charge is 2.22. The molecule has 0 aliphatic carbocycles. The molecule has 1 heterocycles. The minimum atomic E-state index is -1.35. The Morgan fingerprint density at radius 1 is 1.38 bits per heavy atom. The van der Waals surface area contributed by atoms with Crippen molar-refractivity contribution in [3.63, 3.8) is 0 Å². The summed E-state index contributed by atoms with van der Waals surface area (Å²) in [7, 11) is 0.0793. The van der Waals surface area contributed by atoms with E-state index >= 15 is 0 Å². The molecule has 0 aliphatic heterocycles. The molecule has 2 unspecified atom stereocenters. The molecule has 0 saturated carbocycles. The fourth-order valence-corrected chi connectivity index (χ4v) is 1.93. The number of aromatic nitrogens is 2. The molecule has 9 nitrogen and oxygen atoms in total. The van der Waals surface area contributed by atoms with Gasteiger partial charge in [-0.3, -0.25) is 14.6 Å². The van der Waals surface area contributed by atoms with Gasteiger partial charge in [-0.1, -0.05) is 13.3 Å². The van der Waals surface area contributed by atoms with Gasteiger partial charge in [0, 0.05) is 26.0 Å². The second-order valence-electron chi connectivity index (χ2n) is 5.48. The minimum Gasteiger partial charge on any atom is -0.427 e. The number of nitrogens with one attached hydrogen (secondary N) is 2. The fraction of sp³-hybridized carbons (Fsp3) is 0.571. The zero-order chi connectivity index (χ0) is 17.9. The van der Waals surface area contributed by atoms with Crippen molar-refractivity contribution in [2.75, 3.05) is 20.3 Å². The van der Waals surface area contributed by atoms with E-state index in [1.54, 1.807) is 0 Å². The molecule has 24 heavy (non-hydrogen) atoms. The number of hydrogen-bond acceptors (Lipinski definition) is 7. The highest BCUT2D eigenvalue weighted by atomic mass is 16.5. The maximum Gasteiger partial charge on any atom is 0.451 e. The standard InChI is InChI=1S/C14H23BN4O5/c1-10(3-4-15(22)23)7-18-13(20)12(9-24-2)19-14(21)11-8-16-5-6-17-11/h5-6,8,10,12,22-23H,3-4,7,9H2,1-2H3,(H,18,20)(H,19,21). The summed E-state index contributed by atoms with van der Waals surface area (Å²) in [4.78, 5) is 31.9. The third-order valence-electron chi connectivity index (χ3n) is 3.29. The quantitative estimate of drug-likeness (QED) is 0.395. The molecule has 0 spiro atoms. The van der Waals surface area contributed by atoms with Crippen LogP contribution >= 0.6 is 0 Å². The molecule has 0 aliphatic rings. The molecule has 0 fully saturated rings. The van der Waals surface area contributed by atoms with Gasteiger partial charge >= 0.3 is 7.12 Å². The summed E-state index contributed by atoms with van der Waals surface area (Å²) in [5.74, 6) is -0.836. The lowest BCUT2D eigenvalue weighted by atomic mass is 9.81. The molecular formula is C14H23BN4O5. The Bertz CT molecular complexity index is 517. The second-order valence-corrected chi connectivity index (χ2v) is 5.48. The molecule has 1 aromatic heterocycles. The molecular weight excluding hydrogens is 315 g/mol.